The normalized spacial score (nSPS) is 16.9. The Balaban J connectivity index is 1.40. The maximum atomic E-state index is 13.2. The maximum absolute atomic E-state index is 13.2. The summed E-state index contributed by atoms with van der Waals surface area (Å²) in [5.74, 6) is 1.09. The summed E-state index contributed by atoms with van der Waals surface area (Å²) in [7, 11) is 0. The van der Waals surface area contributed by atoms with Gasteiger partial charge in [0.25, 0.3) is 5.91 Å². The molecule has 0 N–H and O–H groups in total. The fourth-order valence-electron chi connectivity index (χ4n) is 4.06. The Morgan fingerprint density at radius 1 is 1.11 bits per heavy atom. The molecule has 1 saturated heterocycles. The van der Waals surface area contributed by atoms with Crippen molar-refractivity contribution in [2.75, 3.05) is 13.1 Å². The average molecular weight is 392 g/mol. The van der Waals surface area contributed by atoms with E-state index in [2.05, 4.69) is 20.6 Å². The zero-order chi connectivity index (χ0) is 19.3. The molecule has 0 aliphatic carbocycles. The third kappa shape index (κ3) is 2.74. The monoisotopic (exact) mass is 391 g/mol. The van der Waals surface area contributed by atoms with Crippen molar-refractivity contribution in [1.82, 2.24) is 24.0 Å². The zero-order valence-electron chi connectivity index (χ0n) is 15.9. The van der Waals surface area contributed by atoms with Gasteiger partial charge < -0.3 is 14.0 Å². The van der Waals surface area contributed by atoms with Crippen LogP contribution < -0.4 is 0 Å². The smallest absolute Gasteiger partial charge is 0.265 e. The Morgan fingerprint density at radius 3 is 2.71 bits per heavy atom. The zero-order valence-corrected chi connectivity index (χ0v) is 16.7. The third-order valence-electron chi connectivity index (χ3n) is 5.39. The van der Waals surface area contributed by atoms with Crippen molar-refractivity contribution in [3.05, 3.63) is 65.2 Å². The number of likely N-dealkylation sites (tertiary alicyclic amines) is 1. The molecule has 6 nitrogen and oxygen atoms in total. The van der Waals surface area contributed by atoms with Crippen LogP contribution in [-0.4, -0.2) is 43.0 Å². The Labute approximate surface area is 167 Å². The number of carbonyl (C=O) groups excluding carboxylic acids is 1. The summed E-state index contributed by atoms with van der Waals surface area (Å²) in [5.41, 5.74) is 2.95. The summed E-state index contributed by atoms with van der Waals surface area (Å²) in [6.07, 6.45) is 4.84. The second-order valence-corrected chi connectivity index (χ2v) is 8.19. The van der Waals surface area contributed by atoms with Crippen molar-refractivity contribution >= 4 is 28.3 Å². The topological polar surface area (TPSA) is 56.0 Å². The van der Waals surface area contributed by atoms with E-state index >= 15 is 0 Å². The highest BCUT2D eigenvalue weighted by Gasteiger charge is 2.31. The molecule has 1 amide bonds. The number of benzene rings is 1. The van der Waals surface area contributed by atoms with Crippen LogP contribution >= 0.6 is 11.3 Å². The highest BCUT2D eigenvalue weighted by Crippen LogP contribution is 2.30. The summed E-state index contributed by atoms with van der Waals surface area (Å²) in [6, 6.07) is 12.4. The van der Waals surface area contributed by atoms with Gasteiger partial charge >= 0.3 is 0 Å². The van der Waals surface area contributed by atoms with Crippen molar-refractivity contribution in [2.24, 2.45) is 0 Å². The van der Waals surface area contributed by atoms with Crippen LogP contribution in [0.2, 0.25) is 0 Å². The molecule has 0 unspecified atom stereocenters. The van der Waals surface area contributed by atoms with E-state index in [-0.39, 0.29) is 11.9 Å². The van der Waals surface area contributed by atoms with Crippen molar-refractivity contribution in [1.29, 1.82) is 0 Å². The Bertz CT molecular complexity index is 1160. The fourth-order valence-corrected chi connectivity index (χ4v) is 5.06. The lowest BCUT2D eigenvalue weighted by atomic mass is 10.2. The molecule has 1 fully saturated rings. The number of hydrogen-bond donors (Lipinski definition) is 0. The van der Waals surface area contributed by atoms with Crippen LogP contribution in [0.4, 0.5) is 0 Å². The highest BCUT2D eigenvalue weighted by molar-refractivity contribution is 7.16. The molecule has 0 saturated carbocycles. The van der Waals surface area contributed by atoms with Gasteiger partial charge in [0.2, 0.25) is 0 Å². The van der Waals surface area contributed by atoms with Gasteiger partial charge in [0.05, 0.1) is 22.8 Å². The van der Waals surface area contributed by atoms with Gasteiger partial charge in [-0.3, -0.25) is 4.79 Å². The lowest BCUT2D eigenvalue weighted by Crippen LogP contribution is -2.29. The molecule has 0 spiro atoms. The lowest BCUT2D eigenvalue weighted by Gasteiger charge is -2.18. The van der Waals surface area contributed by atoms with Crippen LogP contribution in [-0.2, 0) is 0 Å². The minimum Gasteiger partial charge on any atom is -0.336 e. The Kier molecular flexibility index (Phi) is 4.05. The molecular weight excluding hydrogens is 370 g/mol. The number of nitrogens with zero attached hydrogens (tertiary/aromatic N) is 5. The molecule has 5 rings (SSSR count). The van der Waals surface area contributed by atoms with E-state index in [1.807, 2.05) is 66.0 Å². The number of thiazole rings is 1. The van der Waals surface area contributed by atoms with Gasteiger partial charge in [-0.15, -0.1) is 0 Å². The van der Waals surface area contributed by atoms with Gasteiger partial charge in [0.1, 0.15) is 10.7 Å². The lowest BCUT2D eigenvalue weighted by molar-refractivity contribution is 0.0791. The first-order chi connectivity index (χ1) is 13.6. The number of amides is 1. The second kappa shape index (κ2) is 6.60. The molecule has 1 aliphatic heterocycles. The van der Waals surface area contributed by atoms with E-state index in [4.69, 9.17) is 0 Å². The molecule has 3 aromatic heterocycles. The summed E-state index contributed by atoms with van der Waals surface area (Å²) in [6.45, 7) is 5.42. The van der Waals surface area contributed by atoms with Crippen LogP contribution in [0.25, 0.3) is 16.2 Å². The van der Waals surface area contributed by atoms with Crippen LogP contribution in [0, 0.1) is 13.8 Å². The van der Waals surface area contributed by atoms with E-state index < -0.39 is 0 Å². The summed E-state index contributed by atoms with van der Waals surface area (Å²) in [5, 5.41) is 0.832. The van der Waals surface area contributed by atoms with E-state index in [0.29, 0.717) is 6.54 Å². The molecule has 1 atom stereocenters. The van der Waals surface area contributed by atoms with Gasteiger partial charge in [-0.1, -0.05) is 23.5 Å². The number of carbonyl (C=O) groups is 1. The number of rotatable bonds is 3. The molecule has 1 aliphatic rings. The largest absolute Gasteiger partial charge is 0.336 e. The van der Waals surface area contributed by atoms with Gasteiger partial charge in [0, 0.05) is 25.5 Å². The highest BCUT2D eigenvalue weighted by atomic mass is 32.1. The molecule has 142 valence electrons. The summed E-state index contributed by atoms with van der Waals surface area (Å²) < 4.78 is 4.23. The van der Waals surface area contributed by atoms with E-state index in [1.54, 1.807) is 0 Å². The number of aryl methyl sites for hydroxylation is 2. The van der Waals surface area contributed by atoms with E-state index in [9.17, 15) is 4.79 Å². The number of fused-ring (bicyclic) bond motifs is 1. The SMILES string of the molecule is Cc1nc(-n2cccc2)sc1C(=O)N1CC[C@H](n2c(C)nc3ccccc32)C1. The first-order valence-electron chi connectivity index (χ1n) is 9.45. The predicted octanol–water partition coefficient (Wildman–Crippen LogP) is 3.99. The molecule has 4 heterocycles. The molecule has 7 heteroatoms. The standard InChI is InChI=1S/C21H21N5OS/c1-14-19(28-21(22-14)24-10-5-6-11-24)20(27)25-12-9-16(13-25)26-15(2)23-17-7-3-4-8-18(17)26/h3-8,10-11,16H,9,12-13H2,1-2H3/t16-/m0/s1. The van der Waals surface area contributed by atoms with Crippen LogP contribution in [0.1, 0.15) is 33.7 Å². The van der Waals surface area contributed by atoms with Gasteiger partial charge in [-0.05, 0) is 44.5 Å². The third-order valence-corrected chi connectivity index (χ3v) is 6.55. The summed E-state index contributed by atoms with van der Waals surface area (Å²) in [4.78, 5) is 25.1. The predicted molar refractivity (Wildman–Crippen MR) is 110 cm³/mol. The molecule has 0 radical (unpaired) electrons. The van der Waals surface area contributed by atoms with E-state index in [1.165, 1.54) is 11.3 Å². The number of imidazole rings is 1. The summed E-state index contributed by atoms with van der Waals surface area (Å²) >= 11 is 1.46. The van der Waals surface area contributed by atoms with Crippen molar-refractivity contribution in [2.45, 2.75) is 26.3 Å². The molecule has 4 aromatic rings. The number of para-hydroxylation sites is 2. The molecule has 28 heavy (non-hydrogen) atoms. The Morgan fingerprint density at radius 2 is 1.89 bits per heavy atom. The minimum absolute atomic E-state index is 0.0815. The van der Waals surface area contributed by atoms with Gasteiger partial charge in [0.15, 0.2) is 5.13 Å². The van der Waals surface area contributed by atoms with Gasteiger partial charge in [-0.2, -0.15) is 0 Å². The maximum Gasteiger partial charge on any atom is 0.265 e. The first-order valence-corrected chi connectivity index (χ1v) is 10.3. The molecular formula is C21H21N5OS. The van der Waals surface area contributed by atoms with Crippen molar-refractivity contribution in [3.63, 3.8) is 0 Å². The second-order valence-electron chi connectivity index (χ2n) is 7.21. The quantitative estimate of drug-likeness (QED) is 0.531. The van der Waals surface area contributed by atoms with Gasteiger partial charge in [-0.25, -0.2) is 9.97 Å². The molecule has 0 bridgehead atoms. The van der Waals surface area contributed by atoms with Crippen molar-refractivity contribution < 1.29 is 4.79 Å². The first kappa shape index (κ1) is 17.2. The minimum atomic E-state index is 0.0815. The van der Waals surface area contributed by atoms with Crippen LogP contribution in [0.5, 0.6) is 0 Å². The Hall–Kier alpha value is -2.93. The van der Waals surface area contributed by atoms with E-state index in [0.717, 1.165) is 45.5 Å². The number of aromatic nitrogens is 4. The average Bonchev–Trinajstić information content (AvgIpc) is 3.46. The van der Waals surface area contributed by atoms with Crippen molar-refractivity contribution in [3.8, 4) is 5.13 Å². The van der Waals surface area contributed by atoms with Crippen LogP contribution in [0.3, 0.4) is 0 Å². The number of hydrogen-bond acceptors (Lipinski definition) is 4. The van der Waals surface area contributed by atoms with Crippen LogP contribution in [0.15, 0.2) is 48.8 Å². The molecule has 1 aromatic carbocycles. The fraction of sp³-hybridized carbons (Fsp3) is 0.286.